The number of rotatable bonds is 5. The molecule has 1 N–H and O–H groups in total. The standard InChI is InChI=1S/C14H10ClN3O6/c1-24-12-5-3-2-4-9(12)16-14(19)8-6-10(17(20)21)13(15)11(7-8)18(22)23/h2-7H,1H3,(H,16,19). The Balaban J connectivity index is 2.46. The van der Waals surface area contributed by atoms with Crippen LogP contribution in [0.2, 0.25) is 5.02 Å². The highest BCUT2D eigenvalue weighted by Crippen LogP contribution is 2.35. The number of halogens is 1. The highest BCUT2D eigenvalue weighted by atomic mass is 35.5. The van der Waals surface area contributed by atoms with Crippen molar-refractivity contribution in [3.05, 3.63) is 67.2 Å². The van der Waals surface area contributed by atoms with E-state index in [1.165, 1.54) is 7.11 Å². The Morgan fingerprint density at radius 3 is 2.17 bits per heavy atom. The van der Waals surface area contributed by atoms with E-state index in [-0.39, 0.29) is 5.56 Å². The van der Waals surface area contributed by atoms with Crippen molar-refractivity contribution in [2.24, 2.45) is 0 Å². The molecule has 0 spiro atoms. The molecule has 1 amide bonds. The zero-order valence-electron chi connectivity index (χ0n) is 12.2. The van der Waals surface area contributed by atoms with E-state index in [1.54, 1.807) is 24.3 Å². The molecule has 0 aliphatic rings. The number of para-hydroxylation sites is 2. The van der Waals surface area contributed by atoms with E-state index in [9.17, 15) is 25.0 Å². The van der Waals surface area contributed by atoms with Crippen molar-refractivity contribution in [2.75, 3.05) is 12.4 Å². The maximum atomic E-state index is 12.3. The van der Waals surface area contributed by atoms with Gasteiger partial charge in [0.05, 0.1) is 28.2 Å². The Kier molecular flexibility index (Phi) is 4.95. The topological polar surface area (TPSA) is 125 Å². The fraction of sp³-hybridized carbons (Fsp3) is 0.0714. The van der Waals surface area contributed by atoms with E-state index in [0.29, 0.717) is 11.4 Å². The van der Waals surface area contributed by atoms with Crippen molar-refractivity contribution in [1.82, 2.24) is 0 Å². The van der Waals surface area contributed by atoms with Crippen LogP contribution in [-0.4, -0.2) is 22.9 Å². The summed E-state index contributed by atoms with van der Waals surface area (Å²) in [5.41, 5.74) is -1.42. The van der Waals surface area contributed by atoms with Gasteiger partial charge in [-0.2, -0.15) is 0 Å². The molecule has 0 radical (unpaired) electrons. The second kappa shape index (κ2) is 6.92. The van der Waals surface area contributed by atoms with E-state index in [4.69, 9.17) is 16.3 Å². The summed E-state index contributed by atoms with van der Waals surface area (Å²) in [6.07, 6.45) is 0. The van der Waals surface area contributed by atoms with Crippen LogP contribution in [0.15, 0.2) is 36.4 Å². The van der Waals surface area contributed by atoms with Crippen molar-refractivity contribution < 1.29 is 19.4 Å². The number of nitro groups is 2. The van der Waals surface area contributed by atoms with Crippen LogP contribution in [0.4, 0.5) is 17.1 Å². The quantitative estimate of drug-likeness (QED) is 0.650. The van der Waals surface area contributed by atoms with Crippen LogP contribution in [-0.2, 0) is 0 Å². The van der Waals surface area contributed by atoms with Gasteiger partial charge < -0.3 is 10.1 Å². The Bertz CT molecular complexity index is 804. The smallest absolute Gasteiger partial charge is 0.295 e. The van der Waals surface area contributed by atoms with Crippen LogP contribution >= 0.6 is 11.6 Å². The number of ether oxygens (including phenoxy) is 1. The zero-order chi connectivity index (χ0) is 17.9. The van der Waals surface area contributed by atoms with Crippen molar-refractivity contribution in [3.8, 4) is 5.75 Å². The number of methoxy groups -OCH3 is 1. The Labute approximate surface area is 140 Å². The van der Waals surface area contributed by atoms with Gasteiger partial charge in [-0.3, -0.25) is 25.0 Å². The molecule has 0 aliphatic carbocycles. The van der Waals surface area contributed by atoms with Gasteiger partial charge in [-0.05, 0) is 12.1 Å². The Morgan fingerprint density at radius 1 is 1.12 bits per heavy atom. The number of hydrogen-bond acceptors (Lipinski definition) is 6. The third kappa shape index (κ3) is 3.41. The molecule has 2 aromatic carbocycles. The van der Waals surface area contributed by atoms with E-state index >= 15 is 0 Å². The number of anilines is 1. The lowest BCUT2D eigenvalue weighted by molar-refractivity contribution is -0.393. The second-order valence-corrected chi connectivity index (χ2v) is 4.88. The lowest BCUT2D eigenvalue weighted by atomic mass is 10.1. The normalized spacial score (nSPS) is 10.1. The van der Waals surface area contributed by atoms with Crippen LogP contribution < -0.4 is 10.1 Å². The SMILES string of the molecule is COc1ccccc1NC(=O)c1cc([N+](=O)[O-])c(Cl)c([N+](=O)[O-])c1. The number of benzene rings is 2. The summed E-state index contributed by atoms with van der Waals surface area (Å²) in [5.74, 6) is -0.411. The average molecular weight is 352 g/mol. The lowest BCUT2D eigenvalue weighted by Gasteiger charge is -2.10. The summed E-state index contributed by atoms with van der Waals surface area (Å²) in [4.78, 5) is 32.5. The molecular weight excluding hydrogens is 342 g/mol. The van der Waals surface area contributed by atoms with Gasteiger partial charge in [0.1, 0.15) is 5.75 Å². The van der Waals surface area contributed by atoms with Crippen molar-refractivity contribution in [2.45, 2.75) is 0 Å². The predicted molar refractivity (Wildman–Crippen MR) is 85.7 cm³/mol. The van der Waals surface area contributed by atoms with Crippen molar-refractivity contribution >= 4 is 34.6 Å². The van der Waals surface area contributed by atoms with Crippen LogP contribution in [0.1, 0.15) is 10.4 Å². The summed E-state index contributed by atoms with van der Waals surface area (Å²) in [7, 11) is 1.41. The van der Waals surface area contributed by atoms with Gasteiger partial charge in [0.2, 0.25) is 0 Å². The average Bonchev–Trinajstić information content (AvgIpc) is 2.54. The molecule has 0 heterocycles. The molecule has 0 bridgehead atoms. The monoisotopic (exact) mass is 351 g/mol. The van der Waals surface area contributed by atoms with Crippen molar-refractivity contribution in [1.29, 1.82) is 0 Å². The van der Waals surface area contributed by atoms with Crippen molar-refractivity contribution in [3.63, 3.8) is 0 Å². The fourth-order valence-corrected chi connectivity index (χ4v) is 2.18. The largest absolute Gasteiger partial charge is 0.495 e. The highest BCUT2D eigenvalue weighted by molar-refractivity contribution is 6.35. The molecule has 10 heteroatoms. The van der Waals surface area contributed by atoms with Crippen LogP contribution in [0, 0.1) is 20.2 Å². The lowest BCUT2D eigenvalue weighted by Crippen LogP contribution is -2.13. The minimum absolute atomic E-state index is 0.274. The summed E-state index contributed by atoms with van der Waals surface area (Å²) in [6, 6.07) is 8.23. The molecule has 0 unspecified atom stereocenters. The van der Waals surface area contributed by atoms with E-state index in [1.807, 2.05) is 0 Å². The molecule has 0 saturated heterocycles. The molecule has 2 aromatic rings. The summed E-state index contributed by atoms with van der Waals surface area (Å²) in [6.45, 7) is 0. The van der Waals surface area contributed by atoms with E-state index < -0.39 is 32.2 Å². The minimum atomic E-state index is -0.894. The zero-order valence-corrected chi connectivity index (χ0v) is 12.9. The molecule has 9 nitrogen and oxygen atoms in total. The van der Waals surface area contributed by atoms with Gasteiger partial charge in [-0.1, -0.05) is 23.7 Å². The maximum Gasteiger partial charge on any atom is 0.295 e. The molecule has 0 aliphatic heterocycles. The number of carbonyl (C=O) groups is 1. The molecular formula is C14H10ClN3O6. The number of nitro benzene ring substituents is 2. The molecule has 0 saturated carbocycles. The van der Waals surface area contributed by atoms with E-state index in [2.05, 4.69) is 5.32 Å². The molecule has 124 valence electrons. The summed E-state index contributed by atoms with van der Waals surface area (Å²) >= 11 is 5.65. The van der Waals surface area contributed by atoms with Gasteiger partial charge >= 0.3 is 0 Å². The molecule has 0 fully saturated rings. The van der Waals surface area contributed by atoms with Crippen LogP contribution in [0.25, 0.3) is 0 Å². The highest BCUT2D eigenvalue weighted by Gasteiger charge is 2.27. The Hall–Kier alpha value is -3.20. The molecule has 24 heavy (non-hydrogen) atoms. The first-order chi connectivity index (χ1) is 11.3. The first-order valence-electron chi connectivity index (χ1n) is 6.42. The van der Waals surface area contributed by atoms with Gasteiger partial charge in [0.25, 0.3) is 17.3 Å². The number of amides is 1. The Morgan fingerprint density at radius 2 is 1.67 bits per heavy atom. The minimum Gasteiger partial charge on any atom is -0.495 e. The molecule has 0 atom stereocenters. The fourth-order valence-electron chi connectivity index (χ4n) is 1.93. The third-order valence-electron chi connectivity index (χ3n) is 3.04. The number of hydrogen-bond donors (Lipinski definition) is 1. The van der Waals surface area contributed by atoms with Gasteiger partial charge in [0, 0.05) is 12.1 Å². The van der Waals surface area contributed by atoms with Gasteiger partial charge in [-0.25, -0.2) is 0 Å². The first kappa shape index (κ1) is 17.2. The number of nitrogens with one attached hydrogen (secondary N) is 1. The third-order valence-corrected chi connectivity index (χ3v) is 3.43. The van der Waals surface area contributed by atoms with E-state index in [0.717, 1.165) is 12.1 Å². The van der Waals surface area contributed by atoms with Gasteiger partial charge in [0.15, 0.2) is 5.02 Å². The van der Waals surface area contributed by atoms with Crippen LogP contribution in [0.3, 0.4) is 0 Å². The second-order valence-electron chi connectivity index (χ2n) is 4.50. The molecule has 2 rings (SSSR count). The summed E-state index contributed by atoms with van der Waals surface area (Å²) < 4.78 is 5.07. The van der Waals surface area contributed by atoms with Crippen LogP contribution in [0.5, 0.6) is 5.75 Å². The predicted octanol–water partition coefficient (Wildman–Crippen LogP) is 3.42. The number of nitrogens with zero attached hydrogens (tertiary/aromatic N) is 2. The first-order valence-corrected chi connectivity index (χ1v) is 6.79. The van der Waals surface area contributed by atoms with Gasteiger partial charge in [-0.15, -0.1) is 0 Å². The maximum absolute atomic E-state index is 12.3. The summed E-state index contributed by atoms with van der Waals surface area (Å²) in [5, 5.41) is 23.8. The number of carbonyl (C=O) groups excluding carboxylic acids is 1. The molecule has 0 aromatic heterocycles.